The minimum Gasteiger partial charge on any atom is -0.493 e. The largest absolute Gasteiger partial charge is 0.493 e. The van der Waals surface area contributed by atoms with Gasteiger partial charge in [0.05, 0.1) is 12.8 Å². The van der Waals surface area contributed by atoms with E-state index in [9.17, 15) is 0 Å². The summed E-state index contributed by atoms with van der Waals surface area (Å²) in [7, 11) is 1.62. The van der Waals surface area contributed by atoms with Gasteiger partial charge in [0.25, 0.3) is 0 Å². The van der Waals surface area contributed by atoms with E-state index in [4.69, 9.17) is 21.1 Å². The first kappa shape index (κ1) is 19.0. The van der Waals surface area contributed by atoms with E-state index in [2.05, 4.69) is 10.1 Å². The molecule has 0 N–H and O–H groups in total. The molecule has 0 radical (unpaired) electrons. The van der Waals surface area contributed by atoms with Gasteiger partial charge in [-0.15, -0.1) is 0 Å². The summed E-state index contributed by atoms with van der Waals surface area (Å²) in [5, 5.41) is 5.05. The molecular formula is C23H20ClN3O2. The third-order valence-corrected chi connectivity index (χ3v) is 5.01. The number of halogens is 1. The molecule has 0 fully saturated rings. The molecule has 0 amide bonds. The van der Waals surface area contributed by atoms with E-state index in [1.165, 1.54) is 6.33 Å². The Balaban J connectivity index is 1.63. The lowest BCUT2D eigenvalue weighted by molar-refractivity contribution is 0.284. The molecule has 4 rings (SSSR count). The Bertz CT molecular complexity index is 1130. The number of hydrogen-bond donors (Lipinski definition) is 0. The summed E-state index contributed by atoms with van der Waals surface area (Å²) in [6, 6.07) is 21.5. The van der Waals surface area contributed by atoms with E-state index in [0.717, 1.165) is 22.4 Å². The summed E-state index contributed by atoms with van der Waals surface area (Å²) in [4.78, 5) is 4.43. The molecule has 0 aliphatic rings. The second-order valence-electron chi connectivity index (χ2n) is 6.57. The average molecular weight is 406 g/mol. The number of methoxy groups -OCH3 is 1. The third kappa shape index (κ3) is 4.10. The normalized spacial score (nSPS) is 10.7. The van der Waals surface area contributed by atoms with Crippen molar-refractivity contribution >= 4 is 11.6 Å². The molecule has 0 bridgehead atoms. The van der Waals surface area contributed by atoms with Crippen LogP contribution in [0.3, 0.4) is 0 Å². The highest BCUT2D eigenvalue weighted by Crippen LogP contribution is 2.33. The Morgan fingerprint density at radius 1 is 0.966 bits per heavy atom. The number of aryl methyl sites for hydroxylation is 1. The first-order valence-corrected chi connectivity index (χ1v) is 9.55. The van der Waals surface area contributed by atoms with Crippen LogP contribution in [-0.2, 0) is 6.61 Å². The lowest BCUT2D eigenvalue weighted by Gasteiger charge is -2.13. The number of rotatable bonds is 6. The van der Waals surface area contributed by atoms with E-state index in [1.54, 1.807) is 11.8 Å². The summed E-state index contributed by atoms with van der Waals surface area (Å²) in [5.41, 5.74) is 3.81. The average Bonchev–Trinajstić information content (AvgIpc) is 3.25. The molecule has 5 nitrogen and oxygen atoms in total. The summed E-state index contributed by atoms with van der Waals surface area (Å²) < 4.78 is 13.2. The minimum atomic E-state index is 0.467. The maximum Gasteiger partial charge on any atom is 0.163 e. The zero-order valence-electron chi connectivity index (χ0n) is 16.2. The van der Waals surface area contributed by atoms with Crippen molar-refractivity contribution in [3.8, 4) is 28.6 Å². The Hall–Kier alpha value is -3.31. The van der Waals surface area contributed by atoms with Gasteiger partial charge >= 0.3 is 0 Å². The van der Waals surface area contributed by atoms with Crippen molar-refractivity contribution in [3.05, 3.63) is 89.2 Å². The van der Waals surface area contributed by atoms with Crippen LogP contribution in [0.1, 0.15) is 11.1 Å². The predicted molar refractivity (Wildman–Crippen MR) is 114 cm³/mol. The van der Waals surface area contributed by atoms with Crippen molar-refractivity contribution in [2.75, 3.05) is 7.11 Å². The van der Waals surface area contributed by atoms with Gasteiger partial charge in [-0.05, 0) is 48.4 Å². The summed E-state index contributed by atoms with van der Waals surface area (Å²) in [6.07, 6.45) is 1.52. The molecular weight excluding hydrogens is 386 g/mol. The van der Waals surface area contributed by atoms with Crippen LogP contribution in [0.25, 0.3) is 17.1 Å². The molecule has 0 saturated heterocycles. The van der Waals surface area contributed by atoms with Crippen molar-refractivity contribution < 1.29 is 9.47 Å². The predicted octanol–water partition coefficient (Wildman–Crippen LogP) is 5.48. The Labute approximate surface area is 174 Å². The Morgan fingerprint density at radius 2 is 1.79 bits per heavy atom. The van der Waals surface area contributed by atoms with Crippen LogP contribution in [0, 0.1) is 6.92 Å². The molecule has 0 unspecified atom stereocenters. The number of aromatic nitrogens is 3. The Morgan fingerprint density at radius 3 is 2.55 bits per heavy atom. The highest BCUT2D eigenvalue weighted by molar-refractivity contribution is 6.31. The second-order valence-corrected chi connectivity index (χ2v) is 6.98. The van der Waals surface area contributed by atoms with Gasteiger partial charge in [-0.1, -0.05) is 48.0 Å². The van der Waals surface area contributed by atoms with Crippen LogP contribution in [0.2, 0.25) is 5.02 Å². The van der Waals surface area contributed by atoms with Gasteiger partial charge in [0.2, 0.25) is 0 Å². The van der Waals surface area contributed by atoms with Gasteiger partial charge in [-0.3, -0.25) is 0 Å². The van der Waals surface area contributed by atoms with Crippen molar-refractivity contribution in [2.45, 2.75) is 13.5 Å². The number of hydrogen-bond acceptors (Lipinski definition) is 4. The Kier molecular flexibility index (Phi) is 5.49. The molecule has 4 aromatic rings. The molecule has 146 valence electrons. The molecule has 0 aliphatic carbocycles. The zero-order valence-corrected chi connectivity index (χ0v) is 16.9. The fourth-order valence-electron chi connectivity index (χ4n) is 3.00. The first-order valence-electron chi connectivity index (χ1n) is 9.17. The van der Waals surface area contributed by atoms with Gasteiger partial charge in [-0.25, -0.2) is 9.67 Å². The topological polar surface area (TPSA) is 49.2 Å². The SMILES string of the molecule is COc1cc(-c2ncnn2-c2ccc(C)c(Cl)c2)ccc1OCc1ccccc1. The highest BCUT2D eigenvalue weighted by Gasteiger charge is 2.14. The molecule has 3 aromatic carbocycles. The van der Waals surface area contributed by atoms with Crippen LogP contribution < -0.4 is 9.47 Å². The quantitative estimate of drug-likeness (QED) is 0.426. The molecule has 0 aliphatic heterocycles. The highest BCUT2D eigenvalue weighted by atomic mass is 35.5. The van der Waals surface area contributed by atoms with E-state index in [0.29, 0.717) is 29.0 Å². The lowest BCUT2D eigenvalue weighted by atomic mass is 10.1. The monoisotopic (exact) mass is 405 g/mol. The zero-order chi connectivity index (χ0) is 20.2. The van der Waals surface area contributed by atoms with Crippen LogP contribution in [0.5, 0.6) is 11.5 Å². The van der Waals surface area contributed by atoms with Crippen molar-refractivity contribution in [2.24, 2.45) is 0 Å². The van der Waals surface area contributed by atoms with Crippen LogP contribution >= 0.6 is 11.6 Å². The van der Waals surface area contributed by atoms with E-state index in [-0.39, 0.29) is 0 Å². The van der Waals surface area contributed by atoms with Crippen LogP contribution in [0.15, 0.2) is 73.1 Å². The number of benzene rings is 3. The van der Waals surface area contributed by atoms with Gasteiger partial charge in [0, 0.05) is 10.6 Å². The fraction of sp³-hybridized carbons (Fsp3) is 0.130. The smallest absolute Gasteiger partial charge is 0.163 e. The minimum absolute atomic E-state index is 0.467. The van der Waals surface area contributed by atoms with Crippen LogP contribution in [0.4, 0.5) is 0 Å². The van der Waals surface area contributed by atoms with Gasteiger partial charge in [-0.2, -0.15) is 5.10 Å². The first-order chi connectivity index (χ1) is 14.2. The van der Waals surface area contributed by atoms with E-state index in [1.807, 2.05) is 73.7 Å². The van der Waals surface area contributed by atoms with Crippen LogP contribution in [-0.4, -0.2) is 21.9 Å². The maximum atomic E-state index is 6.28. The molecule has 29 heavy (non-hydrogen) atoms. The summed E-state index contributed by atoms with van der Waals surface area (Å²) >= 11 is 6.28. The van der Waals surface area contributed by atoms with Gasteiger partial charge < -0.3 is 9.47 Å². The number of nitrogens with zero attached hydrogens (tertiary/aromatic N) is 3. The van der Waals surface area contributed by atoms with Gasteiger partial charge in [0.1, 0.15) is 12.9 Å². The standard InChI is InChI=1S/C23H20ClN3O2/c1-16-8-10-19(13-20(16)24)27-23(25-15-26-27)18-9-11-21(22(12-18)28-2)29-14-17-6-4-3-5-7-17/h3-13,15H,14H2,1-2H3. The molecule has 6 heteroatoms. The molecule has 1 aromatic heterocycles. The summed E-state index contributed by atoms with van der Waals surface area (Å²) in [5.74, 6) is 2.00. The number of ether oxygens (including phenoxy) is 2. The molecule has 0 saturated carbocycles. The van der Waals surface area contributed by atoms with Crippen molar-refractivity contribution in [1.82, 2.24) is 14.8 Å². The third-order valence-electron chi connectivity index (χ3n) is 4.61. The van der Waals surface area contributed by atoms with Crippen molar-refractivity contribution in [1.29, 1.82) is 0 Å². The van der Waals surface area contributed by atoms with Crippen molar-refractivity contribution in [3.63, 3.8) is 0 Å². The van der Waals surface area contributed by atoms with E-state index < -0.39 is 0 Å². The summed E-state index contributed by atoms with van der Waals surface area (Å²) in [6.45, 7) is 2.43. The lowest BCUT2D eigenvalue weighted by Crippen LogP contribution is -2.01. The fourth-order valence-corrected chi connectivity index (χ4v) is 3.18. The second kappa shape index (κ2) is 8.37. The van der Waals surface area contributed by atoms with Gasteiger partial charge in [0.15, 0.2) is 17.3 Å². The molecule has 0 spiro atoms. The van der Waals surface area contributed by atoms with E-state index >= 15 is 0 Å². The molecule has 0 atom stereocenters. The molecule has 1 heterocycles. The maximum absolute atomic E-state index is 6.28.